The summed E-state index contributed by atoms with van der Waals surface area (Å²) in [6, 6.07) is 10.5. The second-order valence-electron chi connectivity index (χ2n) is 6.23. The Morgan fingerprint density at radius 2 is 1.83 bits per heavy atom. The number of hydrogen-bond donors (Lipinski definition) is 0. The number of hydrogen-bond acceptors (Lipinski definition) is 2. The van der Waals surface area contributed by atoms with Crippen LogP contribution < -0.4 is 4.74 Å². The highest BCUT2D eigenvalue weighted by Crippen LogP contribution is 2.36. The molecule has 0 spiro atoms. The standard InChI is InChI=1S/C20H20F2O2/c1-2-3-4-5-13-6-8-14(9-7-13)16-12-15-10-11-17(21)18(22)19(15)24-20(16)23/h6-11,16H,2-5,12H2,1H3. The van der Waals surface area contributed by atoms with Crippen LogP contribution in [-0.2, 0) is 17.6 Å². The van der Waals surface area contributed by atoms with Gasteiger partial charge in [-0.3, -0.25) is 4.79 Å². The minimum absolute atomic E-state index is 0.271. The molecule has 2 aromatic carbocycles. The van der Waals surface area contributed by atoms with Gasteiger partial charge >= 0.3 is 5.97 Å². The van der Waals surface area contributed by atoms with Gasteiger partial charge in [-0.25, -0.2) is 4.39 Å². The second kappa shape index (κ2) is 7.12. The molecule has 24 heavy (non-hydrogen) atoms. The van der Waals surface area contributed by atoms with E-state index in [-0.39, 0.29) is 5.75 Å². The van der Waals surface area contributed by atoms with Crippen molar-refractivity contribution in [1.29, 1.82) is 0 Å². The Bertz CT molecular complexity index is 738. The predicted octanol–water partition coefficient (Wildman–Crippen LogP) is 4.94. The van der Waals surface area contributed by atoms with Crippen molar-refractivity contribution in [3.63, 3.8) is 0 Å². The Kier molecular flexibility index (Phi) is 4.93. The first-order chi connectivity index (χ1) is 11.6. The minimum Gasteiger partial charge on any atom is -0.423 e. The zero-order valence-corrected chi connectivity index (χ0v) is 13.6. The molecule has 1 aliphatic heterocycles. The highest BCUT2D eigenvalue weighted by molar-refractivity contribution is 5.83. The second-order valence-corrected chi connectivity index (χ2v) is 6.23. The van der Waals surface area contributed by atoms with Gasteiger partial charge in [-0.15, -0.1) is 0 Å². The normalized spacial score (nSPS) is 16.6. The van der Waals surface area contributed by atoms with Crippen molar-refractivity contribution < 1.29 is 18.3 Å². The molecule has 0 fully saturated rings. The lowest BCUT2D eigenvalue weighted by molar-refractivity contribution is -0.137. The van der Waals surface area contributed by atoms with Gasteiger partial charge in [0.05, 0.1) is 5.92 Å². The molecule has 4 heteroatoms. The quantitative estimate of drug-likeness (QED) is 0.441. The van der Waals surface area contributed by atoms with Crippen LogP contribution in [0.1, 0.15) is 48.8 Å². The number of rotatable bonds is 5. The summed E-state index contributed by atoms with van der Waals surface area (Å²) < 4.78 is 32.1. The zero-order chi connectivity index (χ0) is 17.1. The molecular formula is C20H20F2O2. The van der Waals surface area contributed by atoms with E-state index in [2.05, 4.69) is 6.92 Å². The van der Waals surface area contributed by atoms with E-state index in [0.717, 1.165) is 24.5 Å². The average molecular weight is 330 g/mol. The molecule has 0 amide bonds. The predicted molar refractivity (Wildman–Crippen MR) is 88.1 cm³/mol. The fourth-order valence-electron chi connectivity index (χ4n) is 3.07. The molecule has 1 unspecified atom stereocenters. The number of unbranched alkanes of at least 4 members (excludes halogenated alkanes) is 2. The van der Waals surface area contributed by atoms with Crippen LogP contribution in [0.3, 0.4) is 0 Å². The van der Waals surface area contributed by atoms with Gasteiger partial charge in [-0.05, 0) is 42.0 Å². The van der Waals surface area contributed by atoms with E-state index in [1.54, 1.807) is 0 Å². The van der Waals surface area contributed by atoms with Gasteiger partial charge in [0.15, 0.2) is 11.6 Å². The van der Waals surface area contributed by atoms with Gasteiger partial charge in [0.25, 0.3) is 0 Å². The van der Waals surface area contributed by atoms with E-state index in [0.29, 0.717) is 12.0 Å². The maximum atomic E-state index is 13.7. The summed E-state index contributed by atoms with van der Waals surface area (Å²) in [4.78, 5) is 12.2. The van der Waals surface area contributed by atoms with Crippen LogP contribution in [0.5, 0.6) is 5.75 Å². The topological polar surface area (TPSA) is 26.3 Å². The number of aryl methyl sites for hydroxylation is 1. The molecule has 0 bridgehead atoms. The van der Waals surface area contributed by atoms with Gasteiger partial charge in [0.2, 0.25) is 5.82 Å². The van der Waals surface area contributed by atoms with Crippen molar-refractivity contribution in [1.82, 2.24) is 0 Å². The number of ether oxygens (including phenoxy) is 1. The third kappa shape index (κ3) is 3.32. The van der Waals surface area contributed by atoms with E-state index in [1.165, 1.54) is 24.5 Å². The van der Waals surface area contributed by atoms with Crippen molar-refractivity contribution in [2.75, 3.05) is 0 Å². The Labute approximate surface area is 140 Å². The first-order valence-corrected chi connectivity index (χ1v) is 8.37. The summed E-state index contributed by atoms with van der Waals surface area (Å²) in [5.74, 6) is -3.38. The molecule has 0 aliphatic carbocycles. The van der Waals surface area contributed by atoms with Crippen molar-refractivity contribution >= 4 is 5.97 Å². The maximum Gasteiger partial charge on any atom is 0.319 e. The van der Waals surface area contributed by atoms with Crippen LogP contribution in [0, 0.1) is 11.6 Å². The van der Waals surface area contributed by atoms with Crippen LogP contribution in [0.15, 0.2) is 36.4 Å². The van der Waals surface area contributed by atoms with Crippen molar-refractivity contribution in [3.05, 3.63) is 64.7 Å². The third-order valence-corrected chi connectivity index (χ3v) is 4.49. The molecule has 1 heterocycles. The molecule has 1 aliphatic rings. The van der Waals surface area contributed by atoms with Crippen LogP contribution in [-0.4, -0.2) is 5.97 Å². The van der Waals surface area contributed by atoms with E-state index >= 15 is 0 Å². The summed E-state index contributed by atoms with van der Waals surface area (Å²) in [5, 5.41) is 0. The van der Waals surface area contributed by atoms with Gasteiger partial charge in [0, 0.05) is 0 Å². The molecule has 0 aromatic heterocycles. The largest absolute Gasteiger partial charge is 0.423 e. The van der Waals surface area contributed by atoms with Crippen molar-refractivity contribution in [2.45, 2.75) is 44.9 Å². The van der Waals surface area contributed by atoms with E-state index in [1.807, 2.05) is 24.3 Å². The van der Waals surface area contributed by atoms with E-state index in [4.69, 9.17) is 4.74 Å². The minimum atomic E-state index is -1.09. The molecule has 1 atom stereocenters. The first-order valence-electron chi connectivity index (χ1n) is 8.37. The molecule has 0 saturated carbocycles. The number of halogens is 2. The van der Waals surface area contributed by atoms with Crippen LogP contribution >= 0.6 is 0 Å². The van der Waals surface area contributed by atoms with Gasteiger partial charge in [-0.2, -0.15) is 4.39 Å². The maximum absolute atomic E-state index is 13.7. The van der Waals surface area contributed by atoms with Crippen LogP contribution in [0.2, 0.25) is 0 Å². The van der Waals surface area contributed by atoms with Gasteiger partial charge < -0.3 is 4.74 Å². The molecule has 3 rings (SSSR count). The Hall–Kier alpha value is -2.23. The number of fused-ring (bicyclic) bond motifs is 1. The van der Waals surface area contributed by atoms with Crippen molar-refractivity contribution in [2.24, 2.45) is 0 Å². The highest BCUT2D eigenvalue weighted by atomic mass is 19.2. The lowest BCUT2D eigenvalue weighted by atomic mass is 9.89. The Morgan fingerprint density at radius 1 is 1.08 bits per heavy atom. The fourth-order valence-corrected chi connectivity index (χ4v) is 3.07. The summed E-state index contributed by atoms with van der Waals surface area (Å²) >= 11 is 0. The lowest BCUT2D eigenvalue weighted by Gasteiger charge is -2.24. The zero-order valence-electron chi connectivity index (χ0n) is 13.6. The van der Waals surface area contributed by atoms with Crippen LogP contribution in [0.25, 0.3) is 0 Å². The third-order valence-electron chi connectivity index (χ3n) is 4.49. The van der Waals surface area contributed by atoms with Crippen LogP contribution in [0.4, 0.5) is 8.78 Å². The number of carbonyl (C=O) groups excluding carboxylic acids is 1. The highest BCUT2D eigenvalue weighted by Gasteiger charge is 2.32. The first kappa shape index (κ1) is 16.6. The number of benzene rings is 2. The van der Waals surface area contributed by atoms with Gasteiger partial charge in [-0.1, -0.05) is 50.1 Å². The summed E-state index contributed by atoms with van der Waals surface area (Å²) in [5.41, 5.74) is 2.60. The SMILES string of the molecule is CCCCCc1ccc(C2Cc3ccc(F)c(F)c3OC2=O)cc1. The Morgan fingerprint density at radius 3 is 2.54 bits per heavy atom. The monoisotopic (exact) mass is 330 g/mol. The summed E-state index contributed by atoms with van der Waals surface area (Å²) in [6.07, 6.45) is 4.88. The molecule has 0 N–H and O–H groups in total. The van der Waals surface area contributed by atoms with E-state index in [9.17, 15) is 13.6 Å². The Balaban J connectivity index is 1.77. The number of carbonyl (C=O) groups is 1. The van der Waals surface area contributed by atoms with Gasteiger partial charge in [0.1, 0.15) is 0 Å². The molecule has 0 radical (unpaired) electrons. The molecule has 126 valence electrons. The van der Waals surface area contributed by atoms with E-state index < -0.39 is 23.5 Å². The average Bonchev–Trinajstić information content (AvgIpc) is 2.59. The van der Waals surface area contributed by atoms with Crippen molar-refractivity contribution in [3.8, 4) is 5.75 Å². The molecule has 2 nitrogen and oxygen atoms in total. The number of esters is 1. The summed E-state index contributed by atoms with van der Waals surface area (Å²) in [7, 11) is 0. The molecule has 0 saturated heterocycles. The molecular weight excluding hydrogens is 310 g/mol. The molecule has 2 aromatic rings. The lowest BCUT2D eigenvalue weighted by Crippen LogP contribution is -2.26. The smallest absolute Gasteiger partial charge is 0.319 e. The summed E-state index contributed by atoms with van der Waals surface area (Å²) in [6.45, 7) is 2.17. The fraction of sp³-hybridized carbons (Fsp3) is 0.350.